The number of phenols is 1. The maximum absolute atomic E-state index is 9.45. The maximum atomic E-state index is 9.45. The van der Waals surface area contributed by atoms with Gasteiger partial charge >= 0.3 is 0 Å². The van der Waals surface area contributed by atoms with E-state index in [4.69, 9.17) is 5.73 Å². The van der Waals surface area contributed by atoms with Crippen LogP contribution in [0.15, 0.2) is 12.1 Å². The van der Waals surface area contributed by atoms with E-state index in [1.54, 1.807) is 6.07 Å². The van der Waals surface area contributed by atoms with Gasteiger partial charge in [0.05, 0.1) is 0 Å². The highest BCUT2D eigenvalue weighted by atomic mass is 16.3. The van der Waals surface area contributed by atoms with Crippen molar-refractivity contribution in [2.45, 2.75) is 26.7 Å². The largest absolute Gasteiger partial charge is 0.508 e. The van der Waals surface area contributed by atoms with Crippen molar-refractivity contribution in [2.75, 3.05) is 5.73 Å². The summed E-state index contributed by atoms with van der Waals surface area (Å²) < 4.78 is 0. The summed E-state index contributed by atoms with van der Waals surface area (Å²) in [5.74, 6) is 0.692. The number of hydrogen-bond acceptors (Lipinski definition) is 2. The van der Waals surface area contributed by atoms with E-state index >= 15 is 0 Å². The number of nitrogens with two attached hydrogens (primary N) is 1. The lowest BCUT2D eigenvalue weighted by Crippen LogP contribution is -1.94. The van der Waals surface area contributed by atoms with Gasteiger partial charge in [-0.15, -0.1) is 0 Å². The Labute approximate surface area is 73.0 Å². The Bertz CT molecular complexity index is 269. The number of hydrogen-bond donors (Lipinski definition) is 2. The van der Waals surface area contributed by atoms with E-state index in [0.717, 1.165) is 11.1 Å². The van der Waals surface area contributed by atoms with Crippen LogP contribution in [-0.2, 0) is 0 Å². The predicted molar refractivity (Wildman–Crippen MR) is 51.3 cm³/mol. The van der Waals surface area contributed by atoms with Crippen LogP contribution in [0.4, 0.5) is 5.69 Å². The Balaban J connectivity index is 3.21. The van der Waals surface area contributed by atoms with Crippen LogP contribution < -0.4 is 5.73 Å². The second-order valence-corrected chi connectivity index (χ2v) is 3.41. The van der Waals surface area contributed by atoms with Gasteiger partial charge in [-0.2, -0.15) is 0 Å². The summed E-state index contributed by atoms with van der Waals surface area (Å²) in [7, 11) is 0. The Hall–Kier alpha value is -1.18. The van der Waals surface area contributed by atoms with E-state index in [-0.39, 0.29) is 0 Å². The van der Waals surface area contributed by atoms with Gasteiger partial charge in [-0.1, -0.05) is 13.8 Å². The molecule has 12 heavy (non-hydrogen) atoms. The SMILES string of the molecule is Cc1c(N)cc(C(C)C)cc1O. The molecule has 0 saturated carbocycles. The molecule has 2 nitrogen and oxygen atoms in total. The monoisotopic (exact) mass is 165 g/mol. The first kappa shape index (κ1) is 8.91. The molecule has 0 aliphatic carbocycles. The van der Waals surface area contributed by atoms with Gasteiger partial charge in [-0.3, -0.25) is 0 Å². The van der Waals surface area contributed by atoms with E-state index in [0.29, 0.717) is 17.4 Å². The molecule has 0 aromatic heterocycles. The first-order chi connectivity index (χ1) is 5.52. The van der Waals surface area contributed by atoms with Gasteiger partial charge in [0.2, 0.25) is 0 Å². The molecule has 1 rings (SSSR count). The molecule has 0 spiro atoms. The molecule has 0 amide bonds. The van der Waals surface area contributed by atoms with Gasteiger partial charge in [-0.05, 0) is 30.5 Å². The highest BCUT2D eigenvalue weighted by molar-refractivity contribution is 5.55. The number of rotatable bonds is 1. The Morgan fingerprint density at radius 3 is 2.33 bits per heavy atom. The van der Waals surface area contributed by atoms with Crippen LogP contribution in [-0.4, -0.2) is 5.11 Å². The topological polar surface area (TPSA) is 46.2 Å². The number of anilines is 1. The number of nitrogen functional groups attached to an aromatic ring is 1. The van der Waals surface area contributed by atoms with Crippen LogP contribution in [0.1, 0.15) is 30.9 Å². The van der Waals surface area contributed by atoms with Gasteiger partial charge in [0.25, 0.3) is 0 Å². The highest BCUT2D eigenvalue weighted by Crippen LogP contribution is 2.27. The molecule has 0 fully saturated rings. The summed E-state index contributed by atoms with van der Waals surface area (Å²) in [4.78, 5) is 0. The van der Waals surface area contributed by atoms with Crippen molar-refractivity contribution in [3.05, 3.63) is 23.3 Å². The summed E-state index contributed by atoms with van der Waals surface area (Å²) in [6, 6.07) is 3.69. The molecule has 0 heterocycles. The van der Waals surface area contributed by atoms with Gasteiger partial charge in [0.1, 0.15) is 5.75 Å². The predicted octanol–water partition coefficient (Wildman–Crippen LogP) is 2.41. The third-order valence-corrected chi connectivity index (χ3v) is 2.11. The molecule has 1 aromatic rings. The third-order valence-electron chi connectivity index (χ3n) is 2.11. The van der Waals surface area contributed by atoms with Gasteiger partial charge in [-0.25, -0.2) is 0 Å². The minimum Gasteiger partial charge on any atom is -0.508 e. The zero-order chi connectivity index (χ0) is 9.30. The molecule has 0 aliphatic heterocycles. The quantitative estimate of drug-likeness (QED) is 0.628. The van der Waals surface area contributed by atoms with Gasteiger partial charge in [0, 0.05) is 11.3 Å². The Kier molecular flexibility index (Phi) is 2.27. The van der Waals surface area contributed by atoms with E-state index in [9.17, 15) is 5.11 Å². The minimum atomic E-state index is 0.290. The first-order valence-corrected chi connectivity index (χ1v) is 4.11. The van der Waals surface area contributed by atoms with Crippen molar-refractivity contribution in [3.63, 3.8) is 0 Å². The number of benzene rings is 1. The van der Waals surface area contributed by atoms with E-state index in [1.807, 2.05) is 13.0 Å². The molecular weight excluding hydrogens is 150 g/mol. The van der Waals surface area contributed by atoms with Crippen molar-refractivity contribution in [1.82, 2.24) is 0 Å². The van der Waals surface area contributed by atoms with Crippen molar-refractivity contribution in [1.29, 1.82) is 0 Å². The summed E-state index contributed by atoms with van der Waals surface area (Å²) in [5, 5.41) is 9.45. The van der Waals surface area contributed by atoms with Gasteiger partial charge in [0.15, 0.2) is 0 Å². The first-order valence-electron chi connectivity index (χ1n) is 4.11. The third kappa shape index (κ3) is 1.52. The molecule has 0 radical (unpaired) electrons. The maximum Gasteiger partial charge on any atom is 0.120 e. The fourth-order valence-corrected chi connectivity index (χ4v) is 1.08. The van der Waals surface area contributed by atoms with Crippen LogP contribution in [0.2, 0.25) is 0 Å². The minimum absolute atomic E-state index is 0.290. The number of aromatic hydroxyl groups is 1. The zero-order valence-corrected chi connectivity index (χ0v) is 7.76. The van der Waals surface area contributed by atoms with Crippen molar-refractivity contribution in [3.8, 4) is 5.75 Å². The lowest BCUT2D eigenvalue weighted by molar-refractivity contribution is 0.470. The van der Waals surface area contributed by atoms with Crippen LogP contribution in [0.5, 0.6) is 5.75 Å². The number of phenolic OH excluding ortho intramolecular Hbond substituents is 1. The average molecular weight is 165 g/mol. The molecule has 3 N–H and O–H groups in total. The summed E-state index contributed by atoms with van der Waals surface area (Å²) in [6.07, 6.45) is 0. The molecular formula is C10H15NO. The fraction of sp³-hybridized carbons (Fsp3) is 0.400. The molecule has 66 valence electrons. The van der Waals surface area contributed by atoms with E-state index in [2.05, 4.69) is 13.8 Å². The summed E-state index contributed by atoms with van der Waals surface area (Å²) in [5.41, 5.74) is 8.21. The lowest BCUT2D eigenvalue weighted by atomic mass is 10.00. The molecule has 0 saturated heterocycles. The molecule has 0 aliphatic rings. The van der Waals surface area contributed by atoms with E-state index < -0.39 is 0 Å². The van der Waals surface area contributed by atoms with Crippen LogP contribution in [0, 0.1) is 6.92 Å². The molecule has 0 unspecified atom stereocenters. The molecule has 2 heteroatoms. The zero-order valence-electron chi connectivity index (χ0n) is 7.76. The summed E-state index contributed by atoms with van der Waals surface area (Å²) in [6.45, 7) is 5.96. The fourth-order valence-electron chi connectivity index (χ4n) is 1.08. The second kappa shape index (κ2) is 3.05. The van der Waals surface area contributed by atoms with Crippen LogP contribution >= 0.6 is 0 Å². The average Bonchev–Trinajstić information content (AvgIpc) is 1.99. The van der Waals surface area contributed by atoms with Crippen molar-refractivity contribution >= 4 is 5.69 Å². The standard InChI is InChI=1S/C10H15NO/c1-6(2)8-4-9(11)7(3)10(12)5-8/h4-6,12H,11H2,1-3H3. The molecule has 1 aromatic carbocycles. The lowest BCUT2D eigenvalue weighted by Gasteiger charge is -2.09. The van der Waals surface area contributed by atoms with E-state index in [1.165, 1.54) is 0 Å². The molecule has 0 bridgehead atoms. The highest BCUT2D eigenvalue weighted by Gasteiger charge is 2.05. The normalized spacial score (nSPS) is 10.7. The smallest absolute Gasteiger partial charge is 0.120 e. The second-order valence-electron chi connectivity index (χ2n) is 3.41. The van der Waals surface area contributed by atoms with Gasteiger partial charge < -0.3 is 10.8 Å². The van der Waals surface area contributed by atoms with Crippen LogP contribution in [0.25, 0.3) is 0 Å². The van der Waals surface area contributed by atoms with Crippen LogP contribution in [0.3, 0.4) is 0 Å². The van der Waals surface area contributed by atoms with Crippen molar-refractivity contribution < 1.29 is 5.11 Å². The Morgan fingerprint density at radius 2 is 1.92 bits per heavy atom. The molecule has 0 atom stereocenters. The summed E-state index contributed by atoms with van der Waals surface area (Å²) >= 11 is 0. The van der Waals surface area contributed by atoms with Crippen molar-refractivity contribution in [2.24, 2.45) is 0 Å². The Morgan fingerprint density at radius 1 is 1.33 bits per heavy atom.